The minimum absolute atomic E-state index is 0.188. The third kappa shape index (κ3) is 4.10. The first kappa shape index (κ1) is 18.3. The van der Waals surface area contributed by atoms with Crippen molar-refractivity contribution in [3.63, 3.8) is 0 Å². The Kier molecular flexibility index (Phi) is 4.97. The molecule has 29 heavy (non-hydrogen) atoms. The maximum Gasteiger partial charge on any atom is 0.351 e. The Bertz CT molecular complexity index is 1180. The van der Waals surface area contributed by atoms with Crippen LogP contribution in [-0.4, -0.2) is 35.4 Å². The third-order valence-corrected chi connectivity index (χ3v) is 4.19. The lowest BCUT2D eigenvalue weighted by molar-refractivity contribution is 0.0945. The molecule has 0 unspecified atom stereocenters. The molecule has 0 saturated heterocycles. The molecular weight excluding hydrogens is 377 g/mol. The SMILES string of the molecule is O=C(NCc1ccccn1)c1cc(-n2cnn(Cc3ccc(F)cc3)c2=O)n[nH]1. The Morgan fingerprint density at radius 2 is 2.00 bits per heavy atom. The van der Waals surface area contributed by atoms with Gasteiger partial charge in [-0.3, -0.25) is 14.9 Å². The van der Waals surface area contributed by atoms with E-state index in [1.807, 2.05) is 6.07 Å². The van der Waals surface area contributed by atoms with Crippen LogP contribution in [0.1, 0.15) is 21.7 Å². The molecule has 0 atom stereocenters. The van der Waals surface area contributed by atoms with Gasteiger partial charge < -0.3 is 5.32 Å². The number of aromatic amines is 1. The number of halogens is 1. The molecule has 0 spiro atoms. The van der Waals surface area contributed by atoms with E-state index in [2.05, 4.69) is 25.6 Å². The van der Waals surface area contributed by atoms with Crippen LogP contribution in [0.3, 0.4) is 0 Å². The fourth-order valence-corrected chi connectivity index (χ4v) is 2.69. The van der Waals surface area contributed by atoms with E-state index in [4.69, 9.17) is 0 Å². The van der Waals surface area contributed by atoms with Crippen molar-refractivity contribution in [1.29, 1.82) is 0 Å². The third-order valence-electron chi connectivity index (χ3n) is 4.19. The van der Waals surface area contributed by atoms with Crippen molar-refractivity contribution in [1.82, 2.24) is 34.8 Å². The summed E-state index contributed by atoms with van der Waals surface area (Å²) >= 11 is 0. The molecule has 146 valence electrons. The summed E-state index contributed by atoms with van der Waals surface area (Å²) < 4.78 is 15.5. The highest BCUT2D eigenvalue weighted by Crippen LogP contribution is 2.06. The molecule has 0 aliphatic carbocycles. The fourth-order valence-electron chi connectivity index (χ4n) is 2.69. The molecule has 4 aromatic rings. The summed E-state index contributed by atoms with van der Waals surface area (Å²) in [5, 5.41) is 13.4. The van der Waals surface area contributed by atoms with Gasteiger partial charge in [-0.15, -0.1) is 0 Å². The molecule has 10 heteroatoms. The van der Waals surface area contributed by atoms with E-state index < -0.39 is 5.69 Å². The predicted octanol–water partition coefficient (Wildman–Crippen LogP) is 1.27. The second kappa shape index (κ2) is 7.89. The lowest BCUT2D eigenvalue weighted by Gasteiger charge is -2.02. The Labute approximate surface area is 163 Å². The van der Waals surface area contributed by atoms with E-state index >= 15 is 0 Å². The number of nitrogens with zero attached hydrogens (tertiary/aromatic N) is 5. The molecule has 0 fully saturated rings. The van der Waals surface area contributed by atoms with Crippen LogP contribution >= 0.6 is 0 Å². The van der Waals surface area contributed by atoms with Crippen molar-refractivity contribution >= 4 is 5.91 Å². The van der Waals surface area contributed by atoms with Gasteiger partial charge in [0.05, 0.1) is 18.8 Å². The van der Waals surface area contributed by atoms with Crippen LogP contribution in [0, 0.1) is 5.82 Å². The molecule has 0 aliphatic rings. The number of benzene rings is 1. The quantitative estimate of drug-likeness (QED) is 0.513. The molecule has 0 aliphatic heterocycles. The number of rotatable bonds is 6. The van der Waals surface area contributed by atoms with E-state index in [9.17, 15) is 14.0 Å². The van der Waals surface area contributed by atoms with Gasteiger partial charge >= 0.3 is 5.69 Å². The molecule has 9 nitrogen and oxygen atoms in total. The maximum atomic E-state index is 13.0. The van der Waals surface area contributed by atoms with E-state index in [0.29, 0.717) is 0 Å². The number of amides is 1. The standard InChI is InChI=1S/C19H16FN7O2/c20-14-6-4-13(5-7-14)11-27-19(29)26(12-23-27)17-9-16(24-25-17)18(28)22-10-15-3-1-2-8-21-15/h1-9,12H,10-11H2,(H,22,28)(H,24,25). The summed E-state index contributed by atoms with van der Waals surface area (Å²) in [5.41, 5.74) is 1.23. The van der Waals surface area contributed by atoms with Gasteiger partial charge in [0.1, 0.15) is 17.8 Å². The number of hydrogen-bond acceptors (Lipinski definition) is 5. The first-order chi connectivity index (χ1) is 14.1. The number of aromatic nitrogens is 6. The van der Waals surface area contributed by atoms with E-state index in [1.54, 1.807) is 30.5 Å². The highest BCUT2D eigenvalue weighted by atomic mass is 19.1. The number of hydrogen-bond donors (Lipinski definition) is 2. The number of nitrogens with one attached hydrogen (secondary N) is 2. The number of carbonyl (C=O) groups is 1. The van der Waals surface area contributed by atoms with Gasteiger partial charge in [0.25, 0.3) is 5.91 Å². The summed E-state index contributed by atoms with van der Waals surface area (Å²) in [6.07, 6.45) is 2.96. The zero-order valence-corrected chi connectivity index (χ0v) is 15.1. The van der Waals surface area contributed by atoms with Crippen molar-refractivity contribution in [2.75, 3.05) is 0 Å². The van der Waals surface area contributed by atoms with Crippen LogP contribution in [0.2, 0.25) is 0 Å². The van der Waals surface area contributed by atoms with Gasteiger partial charge in [0.2, 0.25) is 0 Å². The second-order valence-corrected chi connectivity index (χ2v) is 6.21. The Morgan fingerprint density at radius 3 is 2.76 bits per heavy atom. The van der Waals surface area contributed by atoms with Crippen molar-refractivity contribution < 1.29 is 9.18 Å². The highest BCUT2D eigenvalue weighted by molar-refractivity contribution is 5.92. The lowest BCUT2D eigenvalue weighted by atomic mass is 10.2. The van der Waals surface area contributed by atoms with Gasteiger partial charge in [0.15, 0.2) is 5.82 Å². The minimum atomic E-state index is -0.429. The average Bonchev–Trinajstić information content (AvgIpc) is 3.36. The van der Waals surface area contributed by atoms with Gasteiger partial charge in [-0.1, -0.05) is 18.2 Å². The average molecular weight is 393 g/mol. The van der Waals surface area contributed by atoms with E-state index in [0.717, 1.165) is 11.3 Å². The summed E-state index contributed by atoms with van der Waals surface area (Å²) in [6.45, 7) is 0.456. The van der Waals surface area contributed by atoms with Crippen molar-refractivity contribution in [3.8, 4) is 5.82 Å². The summed E-state index contributed by atoms with van der Waals surface area (Å²) in [5.74, 6) is -0.485. The Balaban J connectivity index is 1.46. The summed E-state index contributed by atoms with van der Waals surface area (Å²) in [6, 6.07) is 12.7. The molecular formula is C19H16FN7O2. The van der Waals surface area contributed by atoms with Crippen LogP contribution < -0.4 is 11.0 Å². The van der Waals surface area contributed by atoms with Crippen molar-refractivity contribution in [2.45, 2.75) is 13.1 Å². The van der Waals surface area contributed by atoms with E-state index in [1.165, 1.54) is 33.8 Å². The smallest absolute Gasteiger partial charge is 0.345 e. The van der Waals surface area contributed by atoms with Gasteiger partial charge in [0, 0.05) is 12.3 Å². The predicted molar refractivity (Wildman–Crippen MR) is 101 cm³/mol. The largest absolute Gasteiger partial charge is 0.351 e. The molecule has 0 saturated carbocycles. The lowest BCUT2D eigenvalue weighted by Crippen LogP contribution is -2.24. The molecule has 3 aromatic heterocycles. The topological polar surface area (TPSA) is 110 Å². The summed E-state index contributed by atoms with van der Waals surface area (Å²) in [4.78, 5) is 29.0. The molecule has 2 N–H and O–H groups in total. The van der Waals surface area contributed by atoms with Crippen molar-refractivity contribution in [3.05, 3.63) is 94.3 Å². The number of H-pyrrole nitrogens is 1. The normalized spacial score (nSPS) is 10.8. The van der Waals surface area contributed by atoms with Crippen LogP contribution in [0.5, 0.6) is 0 Å². The second-order valence-electron chi connectivity index (χ2n) is 6.21. The molecule has 0 radical (unpaired) electrons. The molecule has 0 bridgehead atoms. The maximum absolute atomic E-state index is 13.0. The van der Waals surface area contributed by atoms with Crippen LogP contribution in [0.25, 0.3) is 5.82 Å². The first-order valence-corrected chi connectivity index (χ1v) is 8.73. The molecule has 1 amide bonds. The number of carbonyl (C=O) groups excluding carboxylic acids is 1. The van der Waals surface area contributed by atoms with Gasteiger partial charge in [-0.25, -0.2) is 18.4 Å². The molecule has 4 rings (SSSR count). The van der Waals surface area contributed by atoms with Crippen LogP contribution in [0.15, 0.2) is 65.8 Å². The fraction of sp³-hybridized carbons (Fsp3) is 0.105. The van der Waals surface area contributed by atoms with Crippen LogP contribution in [-0.2, 0) is 13.1 Å². The summed E-state index contributed by atoms with van der Waals surface area (Å²) in [7, 11) is 0. The first-order valence-electron chi connectivity index (χ1n) is 8.73. The Hall–Kier alpha value is -4.08. The van der Waals surface area contributed by atoms with Gasteiger partial charge in [-0.2, -0.15) is 10.2 Å². The zero-order valence-electron chi connectivity index (χ0n) is 15.1. The molecule has 1 aromatic carbocycles. The Morgan fingerprint density at radius 1 is 1.17 bits per heavy atom. The highest BCUT2D eigenvalue weighted by Gasteiger charge is 2.14. The van der Waals surface area contributed by atoms with Gasteiger partial charge in [-0.05, 0) is 29.8 Å². The van der Waals surface area contributed by atoms with Crippen LogP contribution in [0.4, 0.5) is 4.39 Å². The monoisotopic (exact) mass is 393 g/mol. The molecule has 3 heterocycles. The number of pyridine rings is 1. The van der Waals surface area contributed by atoms with E-state index in [-0.39, 0.29) is 36.3 Å². The van der Waals surface area contributed by atoms with Crippen molar-refractivity contribution in [2.24, 2.45) is 0 Å². The zero-order chi connectivity index (χ0) is 20.2. The minimum Gasteiger partial charge on any atom is -0.345 e.